The Hall–Kier alpha value is -1.43. The zero-order valence-corrected chi connectivity index (χ0v) is 16.8. The zero-order valence-electron chi connectivity index (χ0n) is 16.8. The summed E-state index contributed by atoms with van der Waals surface area (Å²) in [4.78, 5) is 15.4. The summed E-state index contributed by atoms with van der Waals surface area (Å²) in [6.45, 7) is 5.16. The Balaban J connectivity index is 1.30. The van der Waals surface area contributed by atoms with Crippen molar-refractivity contribution in [1.82, 2.24) is 25.2 Å². The van der Waals surface area contributed by atoms with Crippen LogP contribution in [0, 0.1) is 11.8 Å². The van der Waals surface area contributed by atoms with E-state index in [9.17, 15) is 4.79 Å². The van der Waals surface area contributed by atoms with Crippen LogP contribution in [0.4, 0.5) is 0 Å². The number of rotatable bonds is 7. The number of piperidine rings is 3. The van der Waals surface area contributed by atoms with Crippen molar-refractivity contribution in [3.63, 3.8) is 0 Å². The molecule has 1 aromatic heterocycles. The van der Waals surface area contributed by atoms with Gasteiger partial charge in [0.15, 0.2) is 0 Å². The maximum absolute atomic E-state index is 12.9. The molecule has 6 heteroatoms. The Kier molecular flexibility index (Phi) is 6.11. The van der Waals surface area contributed by atoms with Crippen LogP contribution in [0.5, 0.6) is 0 Å². The van der Waals surface area contributed by atoms with E-state index < -0.39 is 0 Å². The van der Waals surface area contributed by atoms with Crippen LogP contribution < -0.4 is 5.32 Å². The van der Waals surface area contributed by atoms with Crippen LogP contribution in [0.25, 0.3) is 0 Å². The van der Waals surface area contributed by atoms with Gasteiger partial charge in [-0.25, -0.2) is 0 Å². The number of nitrogens with zero attached hydrogens (tertiary/aromatic N) is 4. The van der Waals surface area contributed by atoms with Gasteiger partial charge in [-0.2, -0.15) is 0 Å². The lowest BCUT2D eigenvalue weighted by Crippen LogP contribution is -2.58. The van der Waals surface area contributed by atoms with Crippen LogP contribution >= 0.6 is 0 Å². The summed E-state index contributed by atoms with van der Waals surface area (Å²) in [7, 11) is 0. The quantitative estimate of drug-likeness (QED) is 0.798. The highest BCUT2D eigenvalue weighted by molar-refractivity contribution is 5.79. The van der Waals surface area contributed by atoms with Crippen LogP contribution in [-0.4, -0.2) is 51.0 Å². The second kappa shape index (κ2) is 8.72. The molecule has 1 N–H and O–H groups in total. The van der Waals surface area contributed by atoms with Crippen molar-refractivity contribution in [3.05, 3.63) is 11.9 Å². The molecule has 0 radical (unpaired) electrons. The average Bonchev–Trinajstić information content (AvgIpc) is 3.15. The van der Waals surface area contributed by atoms with Gasteiger partial charge in [-0.1, -0.05) is 37.8 Å². The molecule has 150 valence electrons. The predicted molar refractivity (Wildman–Crippen MR) is 105 cm³/mol. The molecule has 4 fully saturated rings. The van der Waals surface area contributed by atoms with E-state index in [4.69, 9.17) is 0 Å². The van der Waals surface area contributed by atoms with E-state index >= 15 is 0 Å². The standard InChI is InChI=1S/C21H35N5O/c1-2-3-7-18-13-26(24-23-18)14-19-12-16-10-11-25(19)15-20(16)21(27)22-17-8-5-4-6-9-17/h13,16-17,19-20H,2-12,14-15H2,1H3,(H,22,27)/t16-,19+,20-/m0/s1. The number of fused-ring (bicyclic) bond motifs is 3. The van der Waals surface area contributed by atoms with Crippen molar-refractivity contribution < 1.29 is 4.79 Å². The van der Waals surface area contributed by atoms with Crippen molar-refractivity contribution in [1.29, 1.82) is 0 Å². The van der Waals surface area contributed by atoms with E-state index in [0.29, 0.717) is 23.9 Å². The number of unbranched alkanes of at least 4 members (excludes halogenated alkanes) is 1. The molecule has 3 saturated heterocycles. The van der Waals surface area contributed by atoms with Crippen LogP contribution in [-0.2, 0) is 17.8 Å². The Labute approximate surface area is 163 Å². The largest absolute Gasteiger partial charge is 0.353 e. The summed E-state index contributed by atoms with van der Waals surface area (Å²) in [6.07, 6.45) is 14.0. The van der Waals surface area contributed by atoms with Gasteiger partial charge in [0.05, 0.1) is 18.2 Å². The maximum Gasteiger partial charge on any atom is 0.224 e. The molecule has 5 rings (SSSR count). The number of carbonyl (C=O) groups is 1. The highest BCUT2D eigenvalue weighted by Gasteiger charge is 2.43. The van der Waals surface area contributed by atoms with Gasteiger partial charge < -0.3 is 5.32 Å². The number of nitrogens with one attached hydrogen (secondary N) is 1. The fraction of sp³-hybridized carbons (Fsp3) is 0.857. The first-order chi connectivity index (χ1) is 13.2. The molecular weight excluding hydrogens is 338 g/mol. The number of aromatic nitrogens is 3. The van der Waals surface area contributed by atoms with Crippen molar-refractivity contribution in [2.24, 2.45) is 11.8 Å². The van der Waals surface area contributed by atoms with Crippen molar-refractivity contribution in [2.75, 3.05) is 13.1 Å². The summed E-state index contributed by atoms with van der Waals surface area (Å²) >= 11 is 0. The summed E-state index contributed by atoms with van der Waals surface area (Å²) < 4.78 is 2.02. The fourth-order valence-electron chi connectivity index (χ4n) is 5.30. The lowest BCUT2D eigenvalue weighted by Gasteiger charge is -2.49. The molecule has 1 aliphatic carbocycles. The third-order valence-electron chi connectivity index (χ3n) is 6.94. The first kappa shape index (κ1) is 18.9. The minimum Gasteiger partial charge on any atom is -0.353 e. The van der Waals surface area contributed by atoms with Crippen molar-refractivity contribution in [2.45, 2.75) is 89.8 Å². The van der Waals surface area contributed by atoms with Gasteiger partial charge in [0.1, 0.15) is 0 Å². The van der Waals surface area contributed by atoms with Crippen molar-refractivity contribution in [3.8, 4) is 0 Å². The fourth-order valence-corrected chi connectivity index (χ4v) is 5.30. The summed E-state index contributed by atoms with van der Waals surface area (Å²) in [5, 5.41) is 12.0. The number of amides is 1. The maximum atomic E-state index is 12.9. The molecule has 1 saturated carbocycles. The highest BCUT2D eigenvalue weighted by atomic mass is 16.2. The minimum atomic E-state index is 0.188. The van der Waals surface area contributed by atoms with E-state index in [1.807, 2.05) is 4.68 Å². The Morgan fingerprint density at radius 3 is 2.85 bits per heavy atom. The Morgan fingerprint density at radius 1 is 1.26 bits per heavy atom. The van der Waals surface area contributed by atoms with Gasteiger partial charge >= 0.3 is 0 Å². The van der Waals surface area contributed by atoms with Gasteiger partial charge in [-0.15, -0.1) is 5.10 Å². The number of carbonyl (C=O) groups excluding carboxylic acids is 1. The molecular formula is C21H35N5O. The van der Waals surface area contributed by atoms with E-state index in [1.165, 1.54) is 51.4 Å². The molecule has 4 atom stereocenters. The SMILES string of the molecule is CCCCc1cn(C[C@H]2C[C@@H]3CCN2C[C@@H]3C(=O)NC2CCCCC2)nn1. The summed E-state index contributed by atoms with van der Waals surface area (Å²) in [5.41, 5.74) is 1.11. The van der Waals surface area contributed by atoms with Gasteiger partial charge in [0.2, 0.25) is 5.91 Å². The molecule has 1 amide bonds. The third-order valence-corrected chi connectivity index (χ3v) is 6.94. The molecule has 4 aliphatic rings. The average molecular weight is 374 g/mol. The molecule has 27 heavy (non-hydrogen) atoms. The number of hydrogen-bond donors (Lipinski definition) is 1. The van der Waals surface area contributed by atoms with Gasteiger partial charge in [0.25, 0.3) is 0 Å². The molecule has 3 aliphatic heterocycles. The molecule has 2 bridgehead atoms. The normalized spacial score (nSPS) is 31.1. The molecule has 0 spiro atoms. The van der Waals surface area contributed by atoms with Crippen LogP contribution in [0.2, 0.25) is 0 Å². The van der Waals surface area contributed by atoms with Crippen LogP contribution in [0.3, 0.4) is 0 Å². The van der Waals surface area contributed by atoms with E-state index in [0.717, 1.165) is 38.2 Å². The van der Waals surface area contributed by atoms with E-state index in [1.54, 1.807) is 0 Å². The number of aryl methyl sites for hydroxylation is 1. The second-order valence-electron chi connectivity index (χ2n) is 8.92. The highest BCUT2D eigenvalue weighted by Crippen LogP contribution is 2.37. The number of hydrogen-bond acceptors (Lipinski definition) is 4. The lowest BCUT2D eigenvalue weighted by atomic mass is 9.75. The topological polar surface area (TPSA) is 63.1 Å². The Morgan fingerprint density at radius 2 is 2.11 bits per heavy atom. The predicted octanol–water partition coefficient (Wildman–Crippen LogP) is 2.78. The monoisotopic (exact) mass is 373 g/mol. The second-order valence-corrected chi connectivity index (χ2v) is 8.92. The Bertz CT molecular complexity index is 624. The van der Waals surface area contributed by atoms with E-state index in [2.05, 4.69) is 33.6 Å². The third kappa shape index (κ3) is 4.53. The smallest absolute Gasteiger partial charge is 0.224 e. The molecule has 4 heterocycles. The van der Waals surface area contributed by atoms with Crippen LogP contribution in [0.1, 0.15) is 70.4 Å². The summed E-state index contributed by atoms with van der Waals surface area (Å²) in [5.74, 6) is 1.04. The first-order valence-electron chi connectivity index (χ1n) is 11.2. The van der Waals surface area contributed by atoms with Gasteiger partial charge in [-0.3, -0.25) is 14.4 Å². The van der Waals surface area contributed by atoms with Gasteiger partial charge in [0, 0.05) is 24.8 Å². The van der Waals surface area contributed by atoms with Gasteiger partial charge in [-0.05, 0) is 51.0 Å². The first-order valence-corrected chi connectivity index (χ1v) is 11.2. The molecule has 0 aromatic carbocycles. The molecule has 1 unspecified atom stereocenters. The van der Waals surface area contributed by atoms with E-state index in [-0.39, 0.29) is 5.92 Å². The van der Waals surface area contributed by atoms with Crippen molar-refractivity contribution >= 4 is 5.91 Å². The summed E-state index contributed by atoms with van der Waals surface area (Å²) in [6, 6.07) is 0.928. The zero-order chi connectivity index (χ0) is 18.6. The lowest BCUT2D eigenvalue weighted by molar-refractivity contribution is -0.134. The van der Waals surface area contributed by atoms with Crippen LogP contribution in [0.15, 0.2) is 6.20 Å². The minimum absolute atomic E-state index is 0.188. The molecule has 1 aromatic rings. The molecule has 6 nitrogen and oxygen atoms in total.